The van der Waals surface area contributed by atoms with E-state index in [1.165, 1.54) is 18.3 Å². The van der Waals surface area contributed by atoms with Gasteiger partial charge in [0.1, 0.15) is 6.29 Å². The van der Waals surface area contributed by atoms with Gasteiger partial charge in [-0.2, -0.15) is 0 Å². The number of aromatic nitrogens is 1. The number of hydrogen-bond donors (Lipinski definition) is 1. The third-order valence-corrected chi connectivity index (χ3v) is 4.01. The van der Waals surface area contributed by atoms with Gasteiger partial charge in [0, 0.05) is 17.3 Å². The van der Waals surface area contributed by atoms with Crippen molar-refractivity contribution in [3.05, 3.63) is 45.9 Å². The SMILES string of the molecule is CC(=O)Nc1nc(C(C)(C=O)c2ccc(Cl)cc2)cs1. The summed E-state index contributed by atoms with van der Waals surface area (Å²) in [4.78, 5) is 26.9. The van der Waals surface area contributed by atoms with E-state index in [1.54, 1.807) is 36.6 Å². The molecule has 1 N–H and O–H groups in total. The Labute approximate surface area is 125 Å². The first-order valence-electron chi connectivity index (χ1n) is 5.91. The summed E-state index contributed by atoms with van der Waals surface area (Å²) in [5, 5.41) is 5.48. The average molecular weight is 309 g/mol. The van der Waals surface area contributed by atoms with E-state index in [2.05, 4.69) is 10.3 Å². The Morgan fingerprint density at radius 2 is 2.05 bits per heavy atom. The Morgan fingerprint density at radius 1 is 1.40 bits per heavy atom. The lowest BCUT2D eigenvalue weighted by Crippen LogP contribution is -2.26. The Hall–Kier alpha value is -1.72. The number of amides is 1. The molecule has 0 saturated heterocycles. The number of nitrogens with one attached hydrogen (secondary N) is 1. The van der Waals surface area contributed by atoms with Crippen molar-refractivity contribution in [3.8, 4) is 0 Å². The molecular formula is C14H13ClN2O2S. The number of nitrogens with zero attached hydrogens (tertiary/aromatic N) is 1. The zero-order chi connectivity index (χ0) is 14.8. The molecule has 0 fully saturated rings. The van der Waals surface area contributed by atoms with E-state index in [0.29, 0.717) is 15.8 Å². The third-order valence-electron chi connectivity index (χ3n) is 3.00. The van der Waals surface area contributed by atoms with Crippen LogP contribution >= 0.6 is 22.9 Å². The Balaban J connectivity index is 2.39. The molecule has 4 nitrogen and oxygen atoms in total. The van der Waals surface area contributed by atoms with Gasteiger partial charge in [0.15, 0.2) is 5.13 Å². The predicted molar refractivity (Wildman–Crippen MR) is 80.4 cm³/mol. The number of anilines is 1. The van der Waals surface area contributed by atoms with Crippen LogP contribution in [-0.2, 0) is 15.0 Å². The van der Waals surface area contributed by atoms with Crippen LogP contribution in [0.15, 0.2) is 29.6 Å². The molecule has 0 aliphatic heterocycles. The van der Waals surface area contributed by atoms with Crippen LogP contribution in [0.1, 0.15) is 25.1 Å². The second-order valence-corrected chi connectivity index (χ2v) is 5.84. The van der Waals surface area contributed by atoms with Crippen LogP contribution in [0.3, 0.4) is 0 Å². The smallest absolute Gasteiger partial charge is 0.223 e. The van der Waals surface area contributed by atoms with E-state index in [1.807, 2.05) is 0 Å². The Morgan fingerprint density at radius 3 is 2.60 bits per heavy atom. The van der Waals surface area contributed by atoms with Gasteiger partial charge in [-0.25, -0.2) is 4.98 Å². The summed E-state index contributed by atoms with van der Waals surface area (Å²) in [6.45, 7) is 3.20. The maximum atomic E-state index is 11.6. The van der Waals surface area contributed by atoms with Crippen LogP contribution in [0.2, 0.25) is 5.02 Å². The van der Waals surface area contributed by atoms with Gasteiger partial charge in [-0.05, 0) is 24.6 Å². The van der Waals surface area contributed by atoms with Crippen molar-refractivity contribution in [1.29, 1.82) is 0 Å². The largest absolute Gasteiger partial charge is 0.302 e. The number of carbonyl (C=O) groups excluding carboxylic acids is 2. The molecule has 0 spiro atoms. The van der Waals surface area contributed by atoms with E-state index < -0.39 is 5.41 Å². The predicted octanol–water partition coefficient (Wildman–Crippen LogP) is 3.26. The van der Waals surface area contributed by atoms with Gasteiger partial charge >= 0.3 is 0 Å². The second-order valence-electron chi connectivity index (χ2n) is 4.55. The minimum Gasteiger partial charge on any atom is -0.302 e. The molecule has 1 aromatic heterocycles. The highest BCUT2D eigenvalue weighted by molar-refractivity contribution is 7.14. The van der Waals surface area contributed by atoms with Crippen molar-refractivity contribution < 1.29 is 9.59 Å². The molecule has 0 saturated carbocycles. The summed E-state index contributed by atoms with van der Waals surface area (Å²) in [6, 6.07) is 7.07. The first kappa shape index (κ1) is 14.7. The minimum atomic E-state index is -0.863. The van der Waals surface area contributed by atoms with Crippen molar-refractivity contribution in [2.75, 3.05) is 5.32 Å². The number of benzene rings is 1. The maximum absolute atomic E-state index is 11.6. The first-order valence-corrected chi connectivity index (χ1v) is 7.17. The van der Waals surface area contributed by atoms with Crippen molar-refractivity contribution >= 4 is 40.3 Å². The normalized spacial score (nSPS) is 13.6. The van der Waals surface area contributed by atoms with E-state index in [9.17, 15) is 9.59 Å². The van der Waals surface area contributed by atoms with Crippen LogP contribution in [0, 0.1) is 0 Å². The van der Waals surface area contributed by atoms with Crippen LogP contribution in [0.4, 0.5) is 5.13 Å². The topological polar surface area (TPSA) is 59.1 Å². The van der Waals surface area contributed by atoms with Gasteiger partial charge in [-0.1, -0.05) is 23.7 Å². The van der Waals surface area contributed by atoms with Crippen molar-refractivity contribution in [2.24, 2.45) is 0 Å². The summed E-state index contributed by atoms with van der Waals surface area (Å²) in [6.07, 6.45) is 0.850. The molecule has 104 valence electrons. The zero-order valence-corrected chi connectivity index (χ0v) is 12.6. The van der Waals surface area contributed by atoms with E-state index >= 15 is 0 Å². The first-order chi connectivity index (χ1) is 9.45. The van der Waals surface area contributed by atoms with Gasteiger partial charge < -0.3 is 10.1 Å². The summed E-state index contributed by atoms with van der Waals surface area (Å²) in [5.41, 5.74) is 0.540. The molecule has 0 bridgehead atoms. The van der Waals surface area contributed by atoms with Crippen LogP contribution in [0.5, 0.6) is 0 Å². The lowest BCUT2D eigenvalue weighted by atomic mass is 9.81. The summed E-state index contributed by atoms with van der Waals surface area (Å²) < 4.78 is 0. The standard InChI is InChI=1S/C14H13ClN2O2S/c1-9(19)16-13-17-12(7-20-13)14(2,8-18)10-3-5-11(15)6-4-10/h3-8H,1-2H3,(H,16,17,19). The number of hydrogen-bond acceptors (Lipinski definition) is 4. The fourth-order valence-corrected chi connectivity index (χ4v) is 2.79. The fraction of sp³-hybridized carbons (Fsp3) is 0.214. The molecule has 20 heavy (non-hydrogen) atoms. The Bertz CT molecular complexity index is 639. The quantitative estimate of drug-likeness (QED) is 0.882. The monoisotopic (exact) mass is 308 g/mol. The highest BCUT2D eigenvalue weighted by Gasteiger charge is 2.31. The maximum Gasteiger partial charge on any atom is 0.223 e. The van der Waals surface area contributed by atoms with Gasteiger partial charge in [0.25, 0.3) is 0 Å². The number of carbonyl (C=O) groups is 2. The minimum absolute atomic E-state index is 0.190. The van der Waals surface area contributed by atoms with Gasteiger partial charge in [-0.3, -0.25) is 4.79 Å². The molecule has 6 heteroatoms. The summed E-state index contributed by atoms with van der Waals surface area (Å²) in [5.74, 6) is -0.190. The van der Waals surface area contributed by atoms with E-state index in [-0.39, 0.29) is 5.91 Å². The highest BCUT2D eigenvalue weighted by atomic mass is 35.5. The molecule has 1 atom stereocenters. The van der Waals surface area contributed by atoms with Gasteiger partial charge in [0.2, 0.25) is 5.91 Å². The average Bonchev–Trinajstić information content (AvgIpc) is 2.87. The number of aldehydes is 1. The van der Waals surface area contributed by atoms with Crippen molar-refractivity contribution in [3.63, 3.8) is 0 Å². The summed E-state index contributed by atoms with van der Waals surface area (Å²) in [7, 11) is 0. The van der Waals surface area contributed by atoms with Crippen LogP contribution in [-0.4, -0.2) is 17.2 Å². The fourth-order valence-electron chi connectivity index (χ4n) is 1.79. The van der Waals surface area contributed by atoms with Gasteiger partial charge in [-0.15, -0.1) is 11.3 Å². The molecule has 1 unspecified atom stereocenters. The number of halogens is 1. The second kappa shape index (κ2) is 5.73. The Kier molecular flexibility index (Phi) is 4.20. The molecule has 2 rings (SSSR count). The zero-order valence-electron chi connectivity index (χ0n) is 11.0. The van der Waals surface area contributed by atoms with E-state index in [0.717, 1.165) is 11.8 Å². The van der Waals surface area contributed by atoms with Crippen LogP contribution < -0.4 is 5.32 Å². The molecule has 1 heterocycles. The molecule has 0 radical (unpaired) electrons. The lowest BCUT2D eigenvalue weighted by molar-refractivity contribution is -0.114. The van der Waals surface area contributed by atoms with Crippen molar-refractivity contribution in [1.82, 2.24) is 4.98 Å². The molecule has 1 aromatic carbocycles. The van der Waals surface area contributed by atoms with E-state index in [4.69, 9.17) is 11.6 Å². The van der Waals surface area contributed by atoms with Crippen LogP contribution in [0.25, 0.3) is 0 Å². The molecular weight excluding hydrogens is 296 g/mol. The molecule has 1 amide bonds. The lowest BCUT2D eigenvalue weighted by Gasteiger charge is -2.21. The summed E-state index contributed by atoms with van der Waals surface area (Å²) >= 11 is 7.15. The molecule has 0 aliphatic carbocycles. The third kappa shape index (κ3) is 2.89. The molecule has 0 aliphatic rings. The highest BCUT2D eigenvalue weighted by Crippen LogP contribution is 2.32. The van der Waals surface area contributed by atoms with Crippen molar-refractivity contribution in [2.45, 2.75) is 19.3 Å². The molecule has 2 aromatic rings. The number of rotatable bonds is 4. The van der Waals surface area contributed by atoms with Gasteiger partial charge in [0.05, 0.1) is 11.1 Å². The number of thiazole rings is 1.